The molecule has 0 aromatic heterocycles. The van der Waals surface area contributed by atoms with Crippen LogP contribution in [0.25, 0.3) is 5.57 Å². The van der Waals surface area contributed by atoms with Crippen molar-refractivity contribution in [2.24, 2.45) is 0 Å². The standard InChI is InChI=1S/C14H2F8N2O2/c15-5-1-4(7(16)11(20)8(5)17)6-9(18)12(21)14(25-2-23,26-3-24)13(22)10(6)19/h1,12H. The number of nitriles is 2. The monoisotopic (exact) mass is 382 g/mol. The maximum absolute atomic E-state index is 14.2. The van der Waals surface area contributed by atoms with Gasteiger partial charge in [-0.15, -0.1) is 0 Å². The predicted octanol–water partition coefficient (Wildman–Crippen LogP) is 4.12. The molecule has 136 valence electrons. The quantitative estimate of drug-likeness (QED) is 0.259. The molecule has 0 fully saturated rings. The second-order valence-corrected chi connectivity index (χ2v) is 4.62. The van der Waals surface area contributed by atoms with Crippen molar-refractivity contribution < 1.29 is 44.6 Å². The molecule has 0 spiro atoms. The fraction of sp³-hybridized carbons (Fsp3) is 0.143. The highest BCUT2D eigenvalue weighted by Gasteiger charge is 2.59. The lowest BCUT2D eigenvalue weighted by atomic mass is 9.91. The molecule has 1 aliphatic carbocycles. The molecule has 0 heterocycles. The van der Waals surface area contributed by atoms with Gasteiger partial charge in [-0.05, 0) is 6.07 Å². The van der Waals surface area contributed by atoms with E-state index in [9.17, 15) is 35.1 Å². The third kappa shape index (κ3) is 2.50. The number of nitrogens with zero attached hydrogens (tertiary/aromatic N) is 2. The Morgan fingerprint density at radius 2 is 1.42 bits per heavy atom. The second kappa shape index (κ2) is 6.55. The van der Waals surface area contributed by atoms with Gasteiger partial charge in [0.1, 0.15) is 0 Å². The highest BCUT2D eigenvalue weighted by atomic mass is 19.2. The number of allylic oxidation sites excluding steroid dienone is 2. The summed E-state index contributed by atoms with van der Waals surface area (Å²) in [6.07, 6.45) is -2.23. The van der Waals surface area contributed by atoms with E-state index in [4.69, 9.17) is 10.5 Å². The Kier molecular flexibility index (Phi) is 4.80. The number of ether oxygens (including phenoxy) is 2. The van der Waals surface area contributed by atoms with Crippen LogP contribution in [0.15, 0.2) is 23.5 Å². The molecule has 4 nitrogen and oxygen atoms in total. The zero-order valence-corrected chi connectivity index (χ0v) is 11.9. The molecule has 0 amide bonds. The molecule has 0 saturated heterocycles. The summed E-state index contributed by atoms with van der Waals surface area (Å²) < 4.78 is 118. The molecule has 26 heavy (non-hydrogen) atoms. The fourth-order valence-electron chi connectivity index (χ4n) is 2.12. The first-order valence-corrected chi connectivity index (χ1v) is 6.21. The number of alkyl halides is 1. The van der Waals surface area contributed by atoms with E-state index in [0.717, 1.165) is 0 Å². The minimum absolute atomic E-state index is 0.245. The van der Waals surface area contributed by atoms with Crippen LogP contribution in [-0.4, -0.2) is 12.0 Å². The molecule has 1 atom stereocenters. The van der Waals surface area contributed by atoms with Gasteiger partial charge in [-0.25, -0.2) is 30.7 Å². The van der Waals surface area contributed by atoms with Gasteiger partial charge in [0.15, 0.2) is 34.9 Å². The third-order valence-corrected chi connectivity index (χ3v) is 3.28. The number of hydrogen-bond donors (Lipinski definition) is 0. The van der Waals surface area contributed by atoms with E-state index in [1.54, 1.807) is 0 Å². The van der Waals surface area contributed by atoms with Crippen molar-refractivity contribution in [3.63, 3.8) is 0 Å². The molecule has 0 radical (unpaired) electrons. The van der Waals surface area contributed by atoms with Crippen LogP contribution in [0.4, 0.5) is 35.1 Å². The smallest absolute Gasteiger partial charge is 0.366 e. The SMILES string of the molecule is N#COC1(OC#N)C(F)=C(F)C(c2cc(F)c(F)c(F)c2F)=C(F)C1F. The van der Waals surface area contributed by atoms with Gasteiger partial charge in [0.05, 0.1) is 5.57 Å². The largest absolute Gasteiger partial charge is 0.370 e. The lowest BCUT2D eigenvalue weighted by Gasteiger charge is -2.32. The topological polar surface area (TPSA) is 66.0 Å². The zero-order chi connectivity index (χ0) is 19.8. The van der Waals surface area contributed by atoms with Crippen LogP contribution in [0.1, 0.15) is 5.56 Å². The van der Waals surface area contributed by atoms with E-state index >= 15 is 0 Å². The molecule has 1 unspecified atom stereocenters. The van der Waals surface area contributed by atoms with Crippen LogP contribution < -0.4 is 0 Å². The molecule has 1 aliphatic rings. The first kappa shape index (κ1) is 19.1. The number of hydrogen-bond acceptors (Lipinski definition) is 4. The van der Waals surface area contributed by atoms with E-state index in [1.807, 2.05) is 0 Å². The molecular weight excluding hydrogens is 380 g/mol. The van der Waals surface area contributed by atoms with Crippen LogP contribution in [0.5, 0.6) is 0 Å². The van der Waals surface area contributed by atoms with Gasteiger partial charge in [-0.1, -0.05) is 0 Å². The van der Waals surface area contributed by atoms with Crippen molar-refractivity contribution in [3.05, 3.63) is 52.4 Å². The summed E-state index contributed by atoms with van der Waals surface area (Å²) in [4.78, 5) is 0. The van der Waals surface area contributed by atoms with E-state index in [2.05, 4.69) is 9.47 Å². The van der Waals surface area contributed by atoms with Crippen molar-refractivity contribution in [2.75, 3.05) is 0 Å². The van der Waals surface area contributed by atoms with Crippen molar-refractivity contribution in [2.45, 2.75) is 12.0 Å². The van der Waals surface area contributed by atoms with Crippen molar-refractivity contribution in [1.82, 2.24) is 0 Å². The lowest BCUT2D eigenvalue weighted by molar-refractivity contribution is -0.181. The van der Waals surface area contributed by atoms with E-state index in [-0.39, 0.29) is 6.07 Å². The van der Waals surface area contributed by atoms with Gasteiger partial charge in [0.25, 0.3) is 12.5 Å². The van der Waals surface area contributed by atoms with Crippen molar-refractivity contribution in [3.8, 4) is 12.5 Å². The Labute approximate surface area is 138 Å². The molecule has 12 heteroatoms. The summed E-state index contributed by atoms with van der Waals surface area (Å²) >= 11 is 0. The summed E-state index contributed by atoms with van der Waals surface area (Å²) in [6, 6.07) is -0.245. The molecule has 0 bridgehead atoms. The van der Waals surface area contributed by atoms with E-state index in [0.29, 0.717) is 12.5 Å². The molecule has 0 N–H and O–H groups in total. The molecule has 1 aromatic rings. The Hall–Kier alpha value is -3.28. The maximum atomic E-state index is 14.2. The van der Waals surface area contributed by atoms with Gasteiger partial charge in [0.2, 0.25) is 12.0 Å². The maximum Gasteiger partial charge on any atom is 0.366 e. The third-order valence-electron chi connectivity index (χ3n) is 3.28. The summed E-state index contributed by atoms with van der Waals surface area (Å²) in [5.74, 6) is -20.6. The average Bonchev–Trinajstić information content (AvgIpc) is 2.61. The van der Waals surface area contributed by atoms with E-state index < -0.39 is 63.8 Å². The van der Waals surface area contributed by atoms with Gasteiger partial charge < -0.3 is 9.47 Å². The highest BCUT2D eigenvalue weighted by molar-refractivity contribution is 5.82. The Morgan fingerprint density at radius 1 is 0.885 bits per heavy atom. The first-order valence-electron chi connectivity index (χ1n) is 6.21. The molecule has 1 aromatic carbocycles. The van der Waals surface area contributed by atoms with Crippen molar-refractivity contribution >= 4 is 5.57 Å². The first-order chi connectivity index (χ1) is 12.1. The molecule has 0 saturated carbocycles. The number of rotatable bonds is 3. The summed E-state index contributed by atoms with van der Waals surface area (Å²) in [7, 11) is 0. The molecule has 0 aliphatic heterocycles. The van der Waals surface area contributed by atoms with Gasteiger partial charge in [-0.3, -0.25) is 0 Å². The van der Waals surface area contributed by atoms with E-state index in [1.165, 1.54) is 0 Å². The normalized spacial score (nSPS) is 19.1. The number of benzene rings is 1. The summed E-state index contributed by atoms with van der Waals surface area (Å²) in [5.41, 5.74) is -3.65. The van der Waals surface area contributed by atoms with Crippen LogP contribution in [0, 0.1) is 46.3 Å². The Bertz CT molecular complexity index is 912. The summed E-state index contributed by atoms with van der Waals surface area (Å²) in [6.45, 7) is 0. The lowest BCUT2D eigenvalue weighted by Crippen LogP contribution is -2.47. The summed E-state index contributed by atoms with van der Waals surface area (Å²) in [5, 5.41) is 16.7. The van der Waals surface area contributed by atoms with Crippen LogP contribution in [0.3, 0.4) is 0 Å². The second-order valence-electron chi connectivity index (χ2n) is 4.62. The van der Waals surface area contributed by atoms with Crippen LogP contribution >= 0.6 is 0 Å². The fourth-order valence-corrected chi connectivity index (χ4v) is 2.12. The minimum Gasteiger partial charge on any atom is -0.370 e. The van der Waals surface area contributed by atoms with Crippen LogP contribution in [0.2, 0.25) is 0 Å². The predicted molar refractivity (Wildman–Crippen MR) is 64.6 cm³/mol. The Morgan fingerprint density at radius 3 is 1.92 bits per heavy atom. The van der Waals surface area contributed by atoms with Gasteiger partial charge in [-0.2, -0.15) is 14.9 Å². The van der Waals surface area contributed by atoms with Gasteiger partial charge >= 0.3 is 5.79 Å². The number of halogens is 8. The highest BCUT2D eigenvalue weighted by Crippen LogP contribution is 2.48. The average molecular weight is 382 g/mol. The minimum atomic E-state index is -3.84. The molecule has 2 rings (SSSR count). The Balaban J connectivity index is 2.81. The van der Waals surface area contributed by atoms with Crippen molar-refractivity contribution in [1.29, 1.82) is 10.5 Å². The zero-order valence-electron chi connectivity index (χ0n) is 11.9. The van der Waals surface area contributed by atoms with Gasteiger partial charge in [0, 0.05) is 5.56 Å². The molecular formula is C14H2F8N2O2. The van der Waals surface area contributed by atoms with Crippen LogP contribution in [-0.2, 0) is 9.47 Å².